The van der Waals surface area contributed by atoms with E-state index in [1.807, 2.05) is 6.08 Å². The topological polar surface area (TPSA) is 20.2 Å². The second-order valence-electron chi connectivity index (χ2n) is 3.34. The molecule has 0 rings (SSSR count). The molecule has 0 fully saturated rings. The lowest BCUT2D eigenvalue weighted by Crippen LogP contribution is -1.80. The molecule has 0 aliphatic carbocycles. The predicted octanol–water partition coefficient (Wildman–Crippen LogP) is 4.57. The third-order valence-electron chi connectivity index (χ3n) is 2.11. The minimum Gasteiger partial charge on any atom is -0.516 e. The van der Waals surface area contributed by atoms with Gasteiger partial charge < -0.3 is 5.11 Å². The Morgan fingerprint density at radius 2 is 1.38 bits per heavy atom. The second kappa shape index (κ2) is 12.0. The van der Waals surface area contributed by atoms with E-state index < -0.39 is 0 Å². The summed E-state index contributed by atoms with van der Waals surface area (Å²) >= 11 is 3.43. The number of alkyl halides is 1. The highest BCUT2D eigenvalue weighted by Crippen LogP contribution is 2.09. The number of aliphatic hydroxyl groups excluding tert-OH is 1. The molecule has 0 aliphatic heterocycles. The van der Waals surface area contributed by atoms with Gasteiger partial charge in [-0.1, -0.05) is 54.1 Å². The van der Waals surface area contributed by atoms with Crippen molar-refractivity contribution in [3.63, 3.8) is 0 Å². The van der Waals surface area contributed by atoms with Gasteiger partial charge in [0.15, 0.2) is 0 Å². The highest BCUT2D eigenvalue weighted by atomic mass is 79.9. The van der Waals surface area contributed by atoms with Gasteiger partial charge in [-0.2, -0.15) is 0 Å². The Bertz CT molecular complexity index is 113. The van der Waals surface area contributed by atoms with E-state index in [0.29, 0.717) is 0 Å². The zero-order chi connectivity index (χ0) is 9.78. The van der Waals surface area contributed by atoms with Crippen LogP contribution in [0.25, 0.3) is 0 Å². The predicted molar refractivity (Wildman–Crippen MR) is 62.5 cm³/mol. The Kier molecular flexibility index (Phi) is 12.0. The number of aliphatic hydroxyl groups is 1. The van der Waals surface area contributed by atoms with Crippen LogP contribution in [0.15, 0.2) is 12.3 Å². The first-order valence-electron chi connectivity index (χ1n) is 5.27. The Hall–Kier alpha value is 0.0200. The van der Waals surface area contributed by atoms with Gasteiger partial charge in [-0.15, -0.1) is 0 Å². The number of hydrogen-bond donors (Lipinski definition) is 1. The van der Waals surface area contributed by atoms with Gasteiger partial charge in [0.05, 0.1) is 6.26 Å². The second-order valence-corrected chi connectivity index (χ2v) is 4.13. The van der Waals surface area contributed by atoms with Crippen molar-refractivity contribution in [2.45, 2.75) is 51.4 Å². The van der Waals surface area contributed by atoms with Crippen molar-refractivity contribution in [1.29, 1.82) is 0 Å². The van der Waals surface area contributed by atoms with Crippen LogP contribution < -0.4 is 0 Å². The van der Waals surface area contributed by atoms with Crippen LogP contribution in [0.1, 0.15) is 51.4 Å². The normalized spacial score (nSPS) is 11.2. The fourth-order valence-electron chi connectivity index (χ4n) is 1.32. The number of rotatable bonds is 9. The van der Waals surface area contributed by atoms with Crippen LogP contribution in [0.2, 0.25) is 0 Å². The van der Waals surface area contributed by atoms with Crippen molar-refractivity contribution in [2.24, 2.45) is 0 Å². The Morgan fingerprint density at radius 3 is 1.92 bits per heavy atom. The quantitative estimate of drug-likeness (QED) is 0.360. The average Bonchev–Trinajstić information content (AvgIpc) is 2.16. The molecule has 1 nitrogen and oxygen atoms in total. The lowest BCUT2D eigenvalue weighted by atomic mass is 10.1. The van der Waals surface area contributed by atoms with Crippen molar-refractivity contribution < 1.29 is 5.11 Å². The Labute approximate surface area is 90.4 Å². The standard InChI is InChI=1S/C11H21BrO/c12-10-8-6-4-2-1-3-5-7-9-11-13/h9,11,13H,1-8,10H2/b11-9-. The zero-order valence-corrected chi connectivity index (χ0v) is 9.93. The SMILES string of the molecule is O/C=C\CCCCCCCCCBr. The Morgan fingerprint density at radius 1 is 0.846 bits per heavy atom. The van der Waals surface area contributed by atoms with E-state index >= 15 is 0 Å². The molecule has 0 heterocycles. The van der Waals surface area contributed by atoms with Gasteiger partial charge >= 0.3 is 0 Å². The molecule has 0 saturated carbocycles. The third-order valence-corrected chi connectivity index (χ3v) is 2.67. The van der Waals surface area contributed by atoms with Gasteiger partial charge in [0.2, 0.25) is 0 Å². The molecule has 0 aromatic heterocycles. The maximum Gasteiger partial charge on any atom is 0.0751 e. The number of unbranched alkanes of at least 4 members (excludes halogenated alkanes) is 7. The van der Waals surface area contributed by atoms with E-state index in [4.69, 9.17) is 5.11 Å². The van der Waals surface area contributed by atoms with Crippen LogP contribution in [0, 0.1) is 0 Å². The van der Waals surface area contributed by atoms with Crippen molar-refractivity contribution in [3.05, 3.63) is 12.3 Å². The maximum atomic E-state index is 8.38. The molecule has 0 unspecified atom stereocenters. The molecule has 0 aromatic carbocycles. The zero-order valence-electron chi connectivity index (χ0n) is 8.34. The van der Waals surface area contributed by atoms with Crippen molar-refractivity contribution in [3.8, 4) is 0 Å². The molecule has 0 aromatic rings. The van der Waals surface area contributed by atoms with Crippen LogP contribution >= 0.6 is 15.9 Å². The molecule has 0 aliphatic rings. The summed E-state index contributed by atoms with van der Waals surface area (Å²) in [6.07, 6.45) is 13.3. The minimum atomic E-state index is 1.03. The molecule has 13 heavy (non-hydrogen) atoms. The molecular formula is C11H21BrO. The fraction of sp³-hybridized carbons (Fsp3) is 0.818. The first-order chi connectivity index (χ1) is 6.41. The van der Waals surface area contributed by atoms with Crippen LogP contribution in [-0.4, -0.2) is 10.4 Å². The summed E-state index contributed by atoms with van der Waals surface area (Å²) in [4.78, 5) is 0. The molecule has 0 bridgehead atoms. The third kappa shape index (κ3) is 12.0. The molecule has 0 saturated heterocycles. The van der Waals surface area contributed by atoms with Crippen LogP contribution in [0.5, 0.6) is 0 Å². The summed E-state index contributed by atoms with van der Waals surface area (Å²) < 4.78 is 0. The molecule has 1 N–H and O–H groups in total. The Balaban J connectivity index is 2.83. The van der Waals surface area contributed by atoms with E-state index in [1.165, 1.54) is 44.9 Å². The van der Waals surface area contributed by atoms with E-state index in [9.17, 15) is 0 Å². The molecule has 0 amide bonds. The van der Waals surface area contributed by atoms with E-state index in [0.717, 1.165) is 18.0 Å². The number of allylic oxidation sites excluding steroid dienone is 1. The summed E-state index contributed by atoms with van der Waals surface area (Å²) in [5.74, 6) is 0. The number of halogens is 1. The first kappa shape index (κ1) is 13.0. The van der Waals surface area contributed by atoms with Gasteiger partial charge in [0, 0.05) is 5.33 Å². The van der Waals surface area contributed by atoms with E-state index in [-0.39, 0.29) is 0 Å². The average molecular weight is 249 g/mol. The molecule has 2 heteroatoms. The molecular weight excluding hydrogens is 228 g/mol. The molecule has 0 atom stereocenters. The van der Waals surface area contributed by atoms with Gasteiger partial charge in [0.25, 0.3) is 0 Å². The van der Waals surface area contributed by atoms with Gasteiger partial charge in [0.1, 0.15) is 0 Å². The van der Waals surface area contributed by atoms with Gasteiger partial charge in [-0.3, -0.25) is 0 Å². The van der Waals surface area contributed by atoms with Crippen LogP contribution in [-0.2, 0) is 0 Å². The van der Waals surface area contributed by atoms with Crippen molar-refractivity contribution >= 4 is 15.9 Å². The smallest absolute Gasteiger partial charge is 0.0751 e. The summed E-state index contributed by atoms with van der Waals surface area (Å²) in [6, 6.07) is 0. The maximum absolute atomic E-state index is 8.38. The van der Waals surface area contributed by atoms with Crippen molar-refractivity contribution in [2.75, 3.05) is 5.33 Å². The monoisotopic (exact) mass is 248 g/mol. The van der Waals surface area contributed by atoms with Gasteiger partial charge in [-0.25, -0.2) is 0 Å². The van der Waals surface area contributed by atoms with Gasteiger partial charge in [-0.05, 0) is 19.3 Å². The van der Waals surface area contributed by atoms with Crippen LogP contribution in [0.3, 0.4) is 0 Å². The van der Waals surface area contributed by atoms with E-state index in [1.54, 1.807) is 0 Å². The largest absolute Gasteiger partial charge is 0.516 e. The molecule has 0 radical (unpaired) electrons. The minimum absolute atomic E-state index is 1.03. The lowest BCUT2D eigenvalue weighted by molar-refractivity contribution is 0.469. The lowest BCUT2D eigenvalue weighted by Gasteiger charge is -1.99. The summed E-state index contributed by atoms with van der Waals surface area (Å²) in [7, 11) is 0. The fourth-order valence-corrected chi connectivity index (χ4v) is 1.71. The highest BCUT2D eigenvalue weighted by Gasteiger charge is 1.90. The summed E-state index contributed by atoms with van der Waals surface area (Å²) in [6.45, 7) is 0. The first-order valence-corrected chi connectivity index (χ1v) is 6.39. The van der Waals surface area contributed by atoms with Crippen molar-refractivity contribution in [1.82, 2.24) is 0 Å². The highest BCUT2D eigenvalue weighted by molar-refractivity contribution is 9.09. The number of hydrogen-bond acceptors (Lipinski definition) is 1. The molecule has 0 spiro atoms. The van der Waals surface area contributed by atoms with E-state index in [2.05, 4.69) is 15.9 Å². The molecule has 78 valence electrons. The summed E-state index contributed by atoms with van der Waals surface area (Å²) in [5, 5.41) is 9.53. The van der Waals surface area contributed by atoms with Crippen LogP contribution in [0.4, 0.5) is 0 Å². The summed E-state index contributed by atoms with van der Waals surface area (Å²) in [5.41, 5.74) is 0.